The van der Waals surface area contributed by atoms with Gasteiger partial charge in [-0.25, -0.2) is 0 Å². The first-order valence-corrected chi connectivity index (χ1v) is 7.95. The summed E-state index contributed by atoms with van der Waals surface area (Å²) < 4.78 is 0. The SMILES string of the molecule is C=CCC1=C(O)C(=O)c2c(ccc3ccc(C(C)(C)C)cc23)C1=O. The smallest absolute Gasteiger partial charge is 0.229 e. The van der Waals surface area contributed by atoms with E-state index in [2.05, 4.69) is 27.4 Å². The molecule has 3 nitrogen and oxygen atoms in total. The topological polar surface area (TPSA) is 54.4 Å². The number of carbonyl (C=O) groups is 2. The Morgan fingerprint density at radius 2 is 1.75 bits per heavy atom. The summed E-state index contributed by atoms with van der Waals surface area (Å²) in [6.07, 6.45) is 1.69. The molecule has 0 heterocycles. The fraction of sp³-hybridized carbons (Fsp3) is 0.238. The van der Waals surface area contributed by atoms with E-state index >= 15 is 0 Å². The van der Waals surface area contributed by atoms with Gasteiger partial charge >= 0.3 is 0 Å². The molecule has 1 N–H and O–H groups in total. The summed E-state index contributed by atoms with van der Waals surface area (Å²) in [5.74, 6) is -1.25. The van der Waals surface area contributed by atoms with Crippen LogP contribution in [0.5, 0.6) is 0 Å². The summed E-state index contributed by atoms with van der Waals surface area (Å²) in [6.45, 7) is 9.86. The minimum absolute atomic E-state index is 0.0788. The van der Waals surface area contributed by atoms with Crippen LogP contribution in [0.2, 0.25) is 0 Å². The van der Waals surface area contributed by atoms with Crippen LogP contribution in [0, 0.1) is 0 Å². The third-order valence-corrected chi connectivity index (χ3v) is 4.48. The lowest BCUT2D eigenvalue weighted by atomic mass is 9.81. The molecule has 3 rings (SSSR count). The summed E-state index contributed by atoms with van der Waals surface area (Å²) in [5, 5.41) is 11.8. The number of aliphatic hydroxyl groups excluding tert-OH is 1. The van der Waals surface area contributed by atoms with Gasteiger partial charge in [0.05, 0.1) is 0 Å². The molecule has 0 spiro atoms. The van der Waals surface area contributed by atoms with Crippen LogP contribution in [0.4, 0.5) is 0 Å². The predicted molar refractivity (Wildman–Crippen MR) is 95.8 cm³/mol. The number of Topliss-reactive ketones (excluding diaryl/α,β-unsaturated/α-hetero) is 2. The van der Waals surface area contributed by atoms with E-state index in [0.717, 1.165) is 10.9 Å². The Balaban J connectivity index is 2.33. The molecule has 0 saturated heterocycles. The van der Waals surface area contributed by atoms with Crippen LogP contribution in [-0.4, -0.2) is 16.7 Å². The van der Waals surface area contributed by atoms with E-state index in [9.17, 15) is 14.7 Å². The van der Waals surface area contributed by atoms with Crippen LogP contribution in [-0.2, 0) is 5.41 Å². The zero-order valence-electron chi connectivity index (χ0n) is 14.1. The largest absolute Gasteiger partial charge is 0.504 e. The highest BCUT2D eigenvalue weighted by molar-refractivity contribution is 6.30. The molecule has 0 bridgehead atoms. The first-order chi connectivity index (χ1) is 11.3. The third kappa shape index (κ3) is 2.37. The summed E-state index contributed by atoms with van der Waals surface area (Å²) >= 11 is 0. The number of carbonyl (C=O) groups excluding carboxylic acids is 2. The molecule has 122 valence electrons. The fourth-order valence-corrected chi connectivity index (χ4v) is 3.08. The monoisotopic (exact) mass is 320 g/mol. The molecule has 2 aromatic rings. The van der Waals surface area contributed by atoms with E-state index in [-0.39, 0.29) is 23.2 Å². The van der Waals surface area contributed by atoms with Crippen molar-refractivity contribution in [3.8, 4) is 0 Å². The molecule has 0 saturated carbocycles. The Hall–Kier alpha value is -2.68. The number of hydrogen-bond acceptors (Lipinski definition) is 3. The van der Waals surface area contributed by atoms with Gasteiger partial charge in [0.2, 0.25) is 5.78 Å². The molecule has 0 atom stereocenters. The number of aliphatic hydroxyl groups is 1. The van der Waals surface area contributed by atoms with Gasteiger partial charge in [0.15, 0.2) is 11.5 Å². The van der Waals surface area contributed by atoms with Gasteiger partial charge in [0, 0.05) is 16.7 Å². The third-order valence-electron chi connectivity index (χ3n) is 4.48. The quantitative estimate of drug-likeness (QED) is 0.800. The summed E-state index contributed by atoms with van der Waals surface area (Å²) in [5.41, 5.74) is 1.77. The Morgan fingerprint density at radius 1 is 1.08 bits per heavy atom. The van der Waals surface area contributed by atoms with Gasteiger partial charge in [-0.3, -0.25) is 9.59 Å². The molecular formula is C21H20O3. The number of benzene rings is 2. The summed E-state index contributed by atoms with van der Waals surface area (Å²) in [6, 6.07) is 9.45. The minimum atomic E-state index is -0.488. The molecule has 2 aromatic carbocycles. The standard InChI is InChI=1S/C21H20O3/c1-5-6-15-18(22)14-10-8-12-7-9-13(21(2,3)4)11-16(12)17(14)20(24)19(15)23/h5,7-11,23H,1,6H2,2-4H3. The van der Waals surface area contributed by atoms with Crippen LogP contribution in [0.15, 0.2) is 54.3 Å². The number of fused-ring (bicyclic) bond motifs is 3. The minimum Gasteiger partial charge on any atom is -0.504 e. The van der Waals surface area contributed by atoms with Crippen molar-refractivity contribution in [1.29, 1.82) is 0 Å². The van der Waals surface area contributed by atoms with Crippen molar-refractivity contribution >= 4 is 22.3 Å². The maximum absolute atomic E-state index is 12.7. The van der Waals surface area contributed by atoms with Gasteiger partial charge in [-0.2, -0.15) is 0 Å². The second-order valence-electron chi connectivity index (χ2n) is 7.15. The summed E-state index contributed by atoms with van der Waals surface area (Å²) in [4.78, 5) is 25.4. The van der Waals surface area contributed by atoms with Crippen molar-refractivity contribution in [2.75, 3.05) is 0 Å². The van der Waals surface area contributed by atoms with Gasteiger partial charge in [-0.15, -0.1) is 6.58 Å². The van der Waals surface area contributed by atoms with Crippen LogP contribution in [0.25, 0.3) is 10.8 Å². The van der Waals surface area contributed by atoms with E-state index in [1.54, 1.807) is 6.07 Å². The van der Waals surface area contributed by atoms with Crippen molar-refractivity contribution in [2.45, 2.75) is 32.6 Å². The second kappa shape index (κ2) is 5.45. The normalized spacial score (nSPS) is 15.0. The van der Waals surface area contributed by atoms with Crippen molar-refractivity contribution in [3.63, 3.8) is 0 Å². The van der Waals surface area contributed by atoms with E-state index in [4.69, 9.17) is 0 Å². The molecular weight excluding hydrogens is 300 g/mol. The molecule has 0 amide bonds. The van der Waals surface area contributed by atoms with Crippen molar-refractivity contribution in [2.24, 2.45) is 0 Å². The van der Waals surface area contributed by atoms with Crippen molar-refractivity contribution < 1.29 is 14.7 Å². The van der Waals surface area contributed by atoms with E-state index in [0.29, 0.717) is 16.5 Å². The van der Waals surface area contributed by atoms with Gasteiger partial charge < -0.3 is 5.11 Å². The average molecular weight is 320 g/mol. The second-order valence-corrected chi connectivity index (χ2v) is 7.15. The molecule has 0 radical (unpaired) electrons. The fourth-order valence-electron chi connectivity index (χ4n) is 3.08. The molecule has 0 aromatic heterocycles. The van der Waals surface area contributed by atoms with E-state index < -0.39 is 11.5 Å². The lowest BCUT2D eigenvalue weighted by Crippen LogP contribution is -2.22. The maximum atomic E-state index is 12.7. The van der Waals surface area contributed by atoms with Crippen molar-refractivity contribution in [3.05, 3.63) is 71.0 Å². The molecule has 1 aliphatic rings. The summed E-state index contributed by atoms with van der Waals surface area (Å²) in [7, 11) is 0. The lowest BCUT2D eigenvalue weighted by molar-refractivity contribution is 0.0929. The van der Waals surface area contributed by atoms with Gasteiger partial charge in [0.25, 0.3) is 0 Å². The zero-order valence-corrected chi connectivity index (χ0v) is 14.1. The molecule has 3 heteroatoms. The Kier molecular flexibility index (Phi) is 3.67. The van der Waals surface area contributed by atoms with E-state index in [1.165, 1.54) is 6.08 Å². The highest BCUT2D eigenvalue weighted by Crippen LogP contribution is 2.34. The predicted octanol–water partition coefficient (Wildman–Crippen LogP) is 4.90. The molecule has 0 unspecified atom stereocenters. The van der Waals surface area contributed by atoms with Crippen LogP contribution < -0.4 is 0 Å². The van der Waals surface area contributed by atoms with Gasteiger partial charge in [0.1, 0.15) is 0 Å². The first kappa shape index (κ1) is 16.2. The number of rotatable bonds is 2. The molecule has 0 fully saturated rings. The van der Waals surface area contributed by atoms with E-state index in [1.807, 2.05) is 24.3 Å². The maximum Gasteiger partial charge on any atom is 0.229 e. The molecule has 0 aliphatic heterocycles. The highest BCUT2D eigenvalue weighted by atomic mass is 16.3. The highest BCUT2D eigenvalue weighted by Gasteiger charge is 2.33. The number of hydrogen-bond donors (Lipinski definition) is 1. The number of allylic oxidation sites excluding steroid dienone is 3. The van der Waals surface area contributed by atoms with Gasteiger partial charge in [-0.1, -0.05) is 45.0 Å². The van der Waals surface area contributed by atoms with Crippen LogP contribution in [0.1, 0.15) is 53.5 Å². The zero-order chi connectivity index (χ0) is 17.6. The number of ketones is 2. The first-order valence-electron chi connectivity index (χ1n) is 7.95. The van der Waals surface area contributed by atoms with Gasteiger partial charge in [-0.05, 0) is 40.3 Å². The van der Waals surface area contributed by atoms with Crippen molar-refractivity contribution in [1.82, 2.24) is 0 Å². The lowest BCUT2D eigenvalue weighted by Gasteiger charge is -2.22. The Morgan fingerprint density at radius 3 is 2.38 bits per heavy atom. The Bertz CT molecular complexity index is 924. The van der Waals surface area contributed by atoms with Crippen LogP contribution >= 0.6 is 0 Å². The molecule has 24 heavy (non-hydrogen) atoms. The average Bonchev–Trinajstić information content (AvgIpc) is 2.54. The Labute approximate surface area is 141 Å². The molecule has 1 aliphatic carbocycles. The van der Waals surface area contributed by atoms with Crippen LogP contribution in [0.3, 0.4) is 0 Å².